The molecular formula is C25H18ClN3O4S2. The normalized spacial score (nSPS) is 10.5. The van der Waals surface area contributed by atoms with Crippen LogP contribution in [-0.2, 0) is 4.79 Å². The molecule has 4 rings (SSSR count). The van der Waals surface area contributed by atoms with Crippen molar-refractivity contribution in [2.24, 2.45) is 0 Å². The van der Waals surface area contributed by atoms with Crippen LogP contribution in [0.15, 0.2) is 83.1 Å². The lowest BCUT2D eigenvalue weighted by Gasteiger charge is -2.09. The number of anilines is 2. The van der Waals surface area contributed by atoms with Crippen molar-refractivity contribution in [3.63, 3.8) is 0 Å². The largest absolute Gasteiger partial charge is 0.478 e. The molecule has 0 atom stereocenters. The van der Waals surface area contributed by atoms with E-state index in [1.165, 1.54) is 35.2 Å². The third-order valence-electron chi connectivity index (χ3n) is 4.76. The molecule has 1 heterocycles. The highest BCUT2D eigenvalue weighted by Gasteiger charge is 2.16. The van der Waals surface area contributed by atoms with E-state index in [9.17, 15) is 19.5 Å². The van der Waals surface area contributed by atoms with Gasteiger partial charge in [0.1, 0.15) is 0 Å². The maximum atomic E-state index is 12.6. The molecule has 2 amide bonds. The molecule has 1 aromatic heterocycles. The SMILES string of the molecule is O=C(CSc1cccc(NC(=O)c2ccccc2C(=O)O)c1)Nc1nc(-c2ccccc2Cl)cs1. The highest BCUT2D eigenvalue weighted by atomic mass is 35.5. The van der Waals surface area contributed by atoms with E-state index >= 15 is 0 Å². The molecule has 176 valence electrons. The van der Waals surface area contributed by atoms with Gasteiger partial charge in [-0.1, -0.05) is 48.0 Å². The molecule has 3 aromatic carbocycles. The number of hydrogen-bond donors (Lipinski definition) is 3. The van der Waals surface area contributed by atoms with Crippen molar-refractivity contribution in [2.75, 3.05) is 16.4 Å². The van der Waals surface area contributed by atoms with E-state index in [4.69, 9.17) is 11.6 Å². The summed E-state index contributed by atoms with van der Waals surface area (Å²) in [4.78, 5) is 41.6. The number of aromatic carboxylic acids is 1. The maximum Gasteiger partial charge on any atom is 0.336 e. The number of carboxylic acids is 1. The van der Waals surface area contributed by atoms with Gasteiger partial charge in [-0.3, -0.25) is 9.59 Å². The van der Waals surface area contributed by atoms with Crippen molar-refractivity contribution in [1.29, 1.82) is 0 Å². The van der Waals surface area contributed by atoms with Gasteiger partial charge >= 0.3 is 5.97 Å². The minimum absolute atomic E-state index is 0.0667. The fourth-order valence-electron chi connectivity index (χ4n) is 3.16. The van der Waals surface area contributed by atoms with Gasteiger partial charge in [-0.05, 0) is 36.4 Å². The summed E-state index contributed by atoms with van der Waals surface area (Å²) in [6.07, 6.45) is 0. The van der Waals surface area contributed by atoms with Gasteiger partial charge in [-0.15, -0.1) is 23.1 Å². The molecular weight excluding hydrogens is 506 g/mol. The number of aromatic nitrogens is 1. The second-order valence-corrected chi connectivity index (χ2v) is 9.50. The second kappa shape index (κ2) is 11.2. The average molecular weight is 524 g/mol. The number of hydrogen-bond acceptors (Lipinski definition) is 6. The smallest absolute Gasteiger partial charge is 0.336 e. The summed E-state index contributed by atoms with van der Waals surface area (Å²) >= 11 is 8.82. The van der Waals surface area contributed by atoms with Crippen LogP contribution in [0, 0.1) is 0 Å². The van der Waals surface area contributed by atoms with Gasteiger partial charge in [0.15, 0.2) is 5.13 Å². The number of carboxylic acid groups (broad SMARTS) is 1. The summed E-state index contributed by atoms with van der Waals surface area (Å²) in [5, 5.41) is 17.7. The van der Waals surface area contributed by atoms with E-state index in [0.29, 0.717) is 21.5 Å². The molecule has 3 N–H and O–H groups in total. The Morgan fingerprint density at radius 2 is 1.69 bits per heavy atom. The van der Waals surface area contributed by atoms with E-state index in [2.05, 4.69) is 15.6 Å². The molecule has 4 aromatic rings. The van der Waals surface area contributed by atoms with E-state index in [0.717, 1.165) is 10.5 Å². The Morgan fingerprint density at radius 1 is 0.943 bits per heavy atom. The van der Waals surface area contributed by atoms with Gasteiger partial charge < -0.3 is 15.7 Å². The van der Waals surface area contributed by atoms with E-state index in [-0.39, 0.29) is 22.8 Å². The van der Waals surface area contributed by atoms with Crippen molar-refractivity contribution in [3.8, 4) is 11.3 Å². The Labute approximate surface area is 214 Å². The summed E-state index contributed by atoms with van der Waals surface area (Å²) in [6.45, 7) is 0. The number of benzene rings is 3. The summed E-state index contributed by atoms with van der Waals surface area (Å²) in [7, 11) is 0. The van der Waals surface area contributed by atoms with Crippen molar-refractivity contribution < 1.29 is 19.5 Å². The molecule has 7 nitrogen and oxygen atoms in total. The zero-order chi connectivity index (χ0) is 24.8. The second-order valence-electron chi connectivity index (χ2n) is 7.19. The number of thioether (sulfide) groups is 1. The van der Waals surface area contributed by atoms with Gasteiger partial charge in [-0.2, -0.15) is 0 Å². The Hall–Kier alpha value is -3.66. The summed E-state index contributed by atoms with van der Waals surface area (Å²) in [5.74, 6) is -1.79. The average Bonchev–Trinajstić information content (AvgIpc) is 3.31. The highest BCUT2D eigenvalue weighted by Crippen LogP contribution is 2.30. The van der Waals surface area contributed by atoms with Crippen LogP contribution in [0.25, 0.3) is 11.3 Å². The molecule has 0 aliphatic heterocycles. The van der Waals surface area contributed by atoms with Crippen LogP contribution in [0.4, 0.5) is 10.8 Å². The van der Waals surface area contributed by atoms with Crippen LogP contribution in [0.5, 0.6) is 0 Å². The van der Waals surface area contributed by atoms with Crippen LogP contribution in [0.2, 0.25) is 5.02 Å². The number of amides is 2. The number of carbonyl (C=O) groups is 3. The lowest BCUT2D eigenvalue weighted by molar-refractivity contribution is -0.113. The summed E-state index contributed by atoms with van der Waals surface area (Å²) < 4.78 is 0. The molecule has 0 saturated carbocycles. The number of nitrogens with zero attached hydrogens (tertiary/aromatic N) is 1. The van der Waals surface area contributed by atoms with Gasteiger partial charge in [-0.25, -0.2) is 9.78 Å². The van der Waals surface area contributed by atoms with Crippen LogP contribution in [-0.4, -0.2) is 33.6 Å². The summed E-state index contributed by atoms with van der Waals surface area (Å²) in [6, 6.07) is 20.3. The Morgan fingerprint density at radius 3 is 2.46 bits per heavy atom. The first-order valence-corrected chi connectivity index (χ1v) is 12.5. The third kappa shape index (κ3) is 6.27. The lowest BCUT2D eigenvalue weighted by Crippen LogP contribution is -2.16. The van der Waals surface area contributed by atoms with Gasteiger partial charge in [0.2, 0.25) is 5.91 Å². The van der Waals surface area contributed by atoms with Crippen LogP contribution < -0.4 is 10.6 Å². The fraction of sp³-hybridized carbons (Fsp3) is 0.0400. The zero-order valence-corrected chi connectivity index (χ0v) is 20.4. The molecule has 10 heteroatoms. The van der Waals surface area contributed by atoms with Crippen LogP contribution in [0.3, 0.4) is 0 Å². The van der Waals surface area contributed by atoms with Gasteiger partial charge in [0.25, 0.3) is 5.91 Å². The standard InChI is InChI=1S/C25H18ClN3O4S2/c26-20-11-4-3-10-19(20)21-13-35-25(28-21)29-22(30)14-34-16-7-5-6-15(12-16)27-23(31)17-8-1-2-9-18(17)24(32)33/h1-13H,14H2,(H,27,31)(H,32,33)(H,28,29,30). The maximum absolute atomic E-state index is 12.6. The van der Waals surface area contributed by atoms with Crippen molar-refractivity contribution in [3.05, 3.63) is 94.3 Å². The number of halogens is 1. The molecule has 0 bridgehead atoms. The number of thiazole rings is 1. The molecule has 0 radical (unpaired) electrons. The predicted octanol–water partition coefficient (Wildman–Crippen LogP) is 6.14. The van der Waals surface area contributed by atoms with Crippen molar-refractivity contribution in [1.82, 2.24) is 4.98 Å². The summed E-state index contributed by atoms with van der Waals surface area (Å²) in [5.41, 5.74) is 1.97. The minimum atomic E-state index is -1.18. The van der Waals surface area contributed by atoms with Crippen LogP contribution in [0.1, 0.15) is 20.7 Å². The number of nitrogens with one attached hydrogen (secondary N) is 2. The van der Waals surface area contributed by atoms with E-state index in [1.807, 2.05) is 29.6 Å². The fourth-order valence-corrected chi connectivity index (χ4v) is 4.87. The first-order chi connectivity index (χ1) is 16.9. The molecule has 0 fully saturated rings. The minimum Gasteiger partial charge on any atom is -0.478 e. The zero-order valence-electron chi connectivity index (χ0n) is 18.0. The van der Waals surface area contributed by atoms with E-state index in [1.54, 1.807) is 36.4 Å². The molecule has 35 heavy (non-hydrogen) atoms. The first-order valence-electron chi connectivity index (χ1n) is 10.3. The van der Waals surface area contributed by atoms with Gasteiger partial charge in [0.05, 0.1) is 22.6 Å². The predicted molar refractivity (Wildman–Crippen MR) is 140 cm³/mol. The molecule has 0 saturated heterocycles. The lowest BCUT2D eigenvalue weighted by atomic mass is 10.1. The Balaban J connectivity index is 1.35. The topological polar surface area (TPSA) is 108 Å². The highest BCUT2D eigenvalue weighted by molar-refractivity contribution is 8.00. The quantitative estimate of drug-likeness (QED) is 0.239. The first kappa shape index (κ1) is 24.5. The molecule has 0 aliphatic rings. The number of carbonyl (C=O) groups excluding carboxylic acids is 2. The van der Waals surface area contributed by atoms with Crippen LogP contribution >= 0.6 is 34.7 Å². The van der Waals surface area contributed by atoms with Crippen molar-refractivity contribution in [2.45, 2.75) is 4.90 Å². The number of rotatable bonds is 8. The van der Waals surface area contributed by atoms with E-state index < -0.39 is 11.9 Å². The molecule has 0 unspecified atom stereocenters. The monoisotopic (exact) mass is 523 g/mol. The Bertz CT molecular complexity index is 1410. The molecule has 0 aliphatic carbocycles. The Kier molecular flexibility index (Phi) is 7.81. The molecule has 0 spiro atoms. The third-order valence-corrected chi connectivity index (χ3v) is 6.85. The van der Waals surface area contributed by atoms with Crippen molar-refractivity contribution >= 4 is 63.3 Å². The van der Waals surface area contributed by atoms with Gasteiger partial charge in [0, 0.05) is 26.5 Å².